The summed E-state index contributed by atoms with van der Waals surface area (Å²) in [6.07, 6.45) is 2.36. The summed E-state index contributed by atoms with van der Waals surface area (Å²) in [5.74, 6) is 1.59. The van der Waals surface area contributed by atoms with Gasteiger partial charge in [0.25, 0.3) is 0 Å². The smallest absolute Gasteiger partial charge is 0.302 e. The molecule has 25 heavy (non-hydrogen) atoms. The number of hydrogen-bond acceptors (Lipinski definition) is 4. The molecule has 1 fully saturated rings. The number of allylic oxidation sites excluding steroid dienone is 1. The van der Waals surface area contributed by atoms with Crippen LogP contribution >= 0.6 is 0 Å². The highest BCUT2D eigenvalue weighted by molar-refractivity contribution is 5.66. The Hall–Kier alpha value is -1.81. The lowest BCUT2D eigenvalue weighted by atomic mass is 9.56. The predicted molar refractivity (Wildman–Crippen MR) is 96.3 cm³/mol. The molecule has 4 heteroatoms. The van der Waals surface area contributed by atoms with Crippen molar-refractivity contribution in [3.63, 3.8) is 0 Å². The van der Waals surface area contributed by atoms with Gasteiger partial charge in [-0.1, -0.05) is 37.6 Å². The van der Waals surface area contributed by atoms with Crippen LogP contribution in [0.15, 0.2) is 35.9 Å². The zero-order chi connectivity index (χ0) is 18.2. The molecule has 0 aromatic heterocycles. The first-order valence-corrected chi connectivity index (χ1v) is 8.96. The van der Waals surface area contributed by atoms with Gasteiger partial charge in [-0.15, -0.1) is 0 Å². The van der Waals surface area contributed by atoms with Crippen molar-refractivity contribution in [2.45, 2.75) is 33.8 Å². The molecule has 0 N–H and O–H groups in total. The van der Waals surface area contributed by atoms with Crippen LogP contribution in [0.3, 0.4) is 0 Å². The number of carbonyl (C=O) groups excluding carboxylic acids is 1. The molecule has 1 aromatic carbocycles. The van der Waals surface area contributed by atoms with E-state index in [1.54, 1.807) is 7.11 Å². The van der Waals surface area contributed by atoms with Gasteiger partial charge in [0, 0.05) is 18.3 Å². The molecule has 1 saturated heterocycles. The standard InChI is InChI=1S/C21H28O4/c1-13-10-14(2)21(11-24-16(4)22)12-25-20(19(13)15(21)3)17-6-8-18(23-5)9-7-17/h6-10,14-15,19-20H,11-12H2,1-5H3/t14-,15-,19+,20-,21-/m0/s1. The molecule has 2 bridgehead atoms. The fourth-order valence-electron chi connectivity index (χ4n) is 4.59. The summed E-state index contributed by atoms with van der Waals surface area (Å²) in [6.45, 7) is 9.16. The second-order valence-corrected chi connectivity index (χ2v) is 7.53. The van der Waals surface area contributed by atoms with E-state index in [1.807, 2.05) is 12.1 Å². The zero-order valence-electron chi connectivity index (χ0n) is 15.7. The minimum Gasteiger partial charge on any atom is -0.497 e. The number of esters is 1. The van der Waals surface area contributed by atoms with Crippen LogP contribution in [0.2, 0.25) is 0 Å². The third kappa shape index (κ3) is 3.08. The van der Waals surface area contributed by atoms with Gasteiger partial charge in [-0.2, -0.15) is 0 Å². The van der Waals surface area contributed by atoms with Gasteiger partial charge in [0.15, 0.2) is 0 Å². The van der Waals surface area contributed by atoms with Crippen LogP contribution in [0.4, 0.5) is 0 Å². The minimum absolute atomic E-state index is 0.0232. The van der Waals surface area contributed by atoms with E-state index in [4.69, 9.17) is 14.2 Å². The number of hydrogen-bond donors (Lipinski definition) is 0. The van der Waals surface area contributed by atoms with Crippen molar-refractivity contribution >= 4 is 5.97 Å². The molecular weight excluding hydrogens is 316 g/mol. The molecule has 2 aliphatic rings. The van der Waals surface area contributed by atoms with E-state index in [0.717, 1.165) is 5.75 Å². The van der Waals surface area contributed by atoms with E-state index in [1.165, 1.54) is 18.1 Å². The molecule has 0 radical (unpaired) electrons. The molecule has 0 spiro atoms. The Morgan fingerprint density at radius 3 is 2.56 bits per heavy atom. The van der Waals surface area contributed by atoms with E-state index in [0.29, 0.717) is 25.0 Å². The average Bonchev–Trinajstić information content (AvgIpc) is 2.59. The van der Waals surface area contributed by atoms with Gasteiger partial charge in [-0.3, -0.25) is 4.79 Å². The number of carbonyl (C=O) groups is 1. The molecule has 0 saturated carbocycles. The predicted octanol–water partition coefficient (Wildman–Crippen LogP) is 4.16. The quantitative estimate of drug-likeness (QED) is 0.607. The normalized spacial score (nSPS) is 34.2. The number of rotatable bonds is 4. The highest BCUT2D eigenvalue weighted by Gasteiger charge is 2.54. The summed E-state index contributed by atoms with van der Waals surface area (Å²) in [4.78, 5) is 11.4. The third-order valence-electron chi connectivity index (χ3n) is 6.24. The van der Waals surface area contributed by atoms with Crippen molar-refractivity contribution < 1.29 is 19.0 Å². The lowest BCUT2D eigenvalue weighted by Crippen LogP contribution is -2.54. The van der Waals surface area contributed by atoms with Crippen LogP contribution in [0.1, 0.15) is 39.4 Å². The summed E-state index contributed by atoms with van der Waals surface area (Å²) in [5, 5.41) is 0. The Labute approximate surface area is 150 Å². The van der Waals surface area contributed by atoms with Crippen LogP contribution in [-0.2, 0) is 14.3 Å². The van der Waals surface area contributed by atoms with E-state index < -0.39 is 0 Å². The SMILES string of the molecule is COc1ccc([C@@H]2OC[C@@]3(COC(C)=O)[C@@H](C)C=C(C)[C@@H]2[C@@H]3C)cc1. The van der Waals surface area contributed by atoms with E-state index in [2.05, 4.69) is 39.0 Å². The summed E-state index contributed by atoms with van der Waals surface area (Å²) in [6, 6.07) is 8.13. The lowest BCUT2D eigenvalue weighted by Gasteiger charge is -2.55. The van der Waals surface area contributed by atoms with Crippen LogP contribution in [-0.4, -0.2) is 26.3 Å². The first-order chi connectivity index (χ1) is 11.9. The van der Waals surface area contributed by atoms with Gasteiger partial charge in [0.1, 0.15) is 5.75 Å². The fraction of sp³-hybridized carbons (Fsp3) is 0.571. The Balaban J connectivity index is 1.92. The Morgan fingerprint density at radius 1 is 1.28 bits per heavy atom. The van der Waals surface area contributed by atoms with Crippen LogP contribution in [0, 0.1) is 23.2 Å². The van der Waals surface area contributed by atoms with Gasteiger partial charge in [0.05, 0.1) is 26.4 Å². The largest absolute Gasteiger partial charge is 0.497 e. The molecule has 1 aromatic rings. The Morgan fingerprint density at radius 2 is 1.96 bits per heavy atom. The number of fused-ring (bicyclic) bond motifs is 2. The molecule has 1 aliphatic heterocycles. The van der Waals surface area contributed by atoms with Crippen LogP contribution in [0.25, 0.3) is 0 Å². The number of ether oxygens (including phenoxy) is 3. The van der Waals surface area contributed by atoms with Crippen molar-refractivity contribution in [1.82, 2.24) is 0 Å². The van der Waals surface area contributed by atoms with Crippen molar-refractivity contribution in [2.75, 3.05) is 20.3 Å². The fourth-order valence-corrected chi connectivity index (χ4v) is 4.59. The lowest BCUT2D eigenvalue weighted by molar-refractivity contribution is -0.180. The summed E-state index contributed by atoms with van der Waals surface area (Å²) >= 11 is 0. The monoisotopic (exact) mass is 344 g/mol. The van der Waals surface area contributed by atoms with Crippen molar-refractivity contribution in [3.05, 3.63) is 41.5 Å². The highest BCUT2D eigenvalue weighted by atomic mass is 16.5. The molecule has 5 atom stereocenters. The van der Waals surface area contributed by atoms with Crippen LogP contribution in [0.5, 0.6) is 5.75 Å². The number of methoxy groups -OCH3 is 1. The second kappa shape index (κ2) is 6.83. The van der Waals surface area contributed by atoms with Gasteiger partial charge in [0.2, 0.25) is 0 Å². The molecule has 1 heterocycles. The first kappa shape index (κ1) is 18.0. The summed E-state index contributed by atoms with van der Waals surface area (Å²) in [7, 11) is 1.67. The minimum atomic E-state index is -0.228. The van der Waals surface area contributed by atoms with E-state index >= 15 is 0 Å². The third-order valence-corrected chi connectivity index (χ3v) is 6.24. The highest BCUT2D eigenvalue weighted by Crippen LogP contribution is 2.56. The Bertz CT molecular complexity index is 663. The second-order valence-electron chi connectivity index (χ2n) is 7.53. The van der Waals surface area contributed by atoms with Crippen molar-refractivity contribution in [1.29, 1.82) is 0 Å². The van der Waals surface area contributed by atoms with Gasteiger partial charge >= 0.3 is 5.97 Å². The van der Waals surface area contributed by atoms with Gasteiger partial charge in [-0.25, -0.2) is 0 Å². The molecular formula is C21H28O4. The van der Waals surface area contributed by atoms with E-state index in [9.17, 15) is 4.79 Å². The number of benzene rings is 1. The average molecular weight is 344 g/mol. The summed E-state index contributed by atoms with van der Waals surface area (Å²) < 4.78 is 17.1. The van der Waals surface area contributed by atoms with Gasteiger partial charge in [-0.05, 0) is 36.5 Å². The maximum atomic E-state index is 11.4. The molecule has 0 amide bonds. The Kier molecular flexibility index (Phi) is 4.92. The molecule has 136 valence electrons. The van der Waals surface area contributed by atoms with Gasteiger partial charge < -0.3 is 14.2 Å². The zero-order valence-corrected chi connectivity index (χ0v) is 15.7. The summed E-state index contributed by atoms with van der Waals surface area (Å²) in [5.41, 5.74) is 2.37. The molecule has 4 nitrogen and oxygen atoms in total. The molecule has 1 aliphatic carbocycles. The first-order valence-electron chi connectivity index (χ1n) is 8.96. The van der Waals surface area contributed by atoms with Crippen molar-refractivity contribution in [2.24, 2.45) is 23.2 Å². The maximum Gasteiger partial charge on any atom is 0.302 e. The molecule has 3 rings (SSSR count). The topological polar surface area (TPSA) is 44.8 Å². The maximum absolute atomic E-state index is 11.4. The van der Waals surface area contributed by atoms with E-state index in [-0.39, 0.29) is 23.4 Å². The van der Waals surface area contributed by atoms with Crippen molar-refractivity contribution in [3.8, 4) is 5.75 Å². The molecule has 0 unspecified atom stereocenters. The van der Waals surface area contributed by atoms with Crippen LogP contribution < -0.4 is 4.74 Å².